The third kappa shape index (κ3) is 45.8. The molecule has 0 rings (SSSR count). The largest absolute Gasteiger partial charge is 0.462 e. The van der Waals surface area contributed by atoms with E-state index in [2.05, 4.69) is 34.6 Å². The number of hydrogen-bond acceptors (Lipinski definition) is 6. The van der Waals surface area contributed by atoms with Crippen molar-refractivity contribution in [1.82, 2.24) is 0 Å². The Morgan fingerprint density at radius 3 is 0.966 bits per heavy atom. The van der Waals surface area contributed by atoms with Gasteiger partial charge in [0.1, 0.15) is 13.2 Å². The zero-order valence-corrected chi connectivity index (χ0v) is 40.4. The highest BCUT2D eigenvalue weighted by atomic mass is 16.6. The lowest BCUT2D eigenvalue weighted by atomic mass is 10.00. The molecule has 0 radical (unpaired) electrons. The van der Waals surface area contributed by atoms with Crippen LogP contribution in [0.3, 0.4) is 0 Å². The second kappa shape index (κ2) is 45.9. The molecule has 0 amide bonds. The Hall–Kier alpha value is -1.59. The van der Waals surface area contributed by atoms with Gasteiger partial charge in [-0.15, -0.1) is 0 Å². The fourth-order valence-electron chi connectivity index (χ4n) is 7.96. The average molecular weight is 835 g/mol. The summed E-state index contributed by atoms with van der Waals surface area (Å²) in [6.07, 6.45) is 46.7. The first-order valence-corrected chi connectivity index (χ1v) is 26.3. The van der Waals surface area contributed by atoms with Gasteiger partial charge in [0.15, 0.2) is 6.10 Å². The molecule has 0 N–H and O–H groups in total. The monoisotopic (exact) mass is 835 g/mol. The summed E-state index contributed by atoms with van der Waals surface area (Å²) < 4.78 is 16.8. The van der Waals surface area contributed by atoms with Crippen LogP contribution >= 0.6 is 0 Å². The first kappa shape index (κ1) is 57.4. The third-order valence-electron chi connectivity index (χ3n) is 12.3. The molecule has 1 unspecified atom stereocenters. The summed E-state index contributed by atoms with van der Waals surface area (Å²) >= 11 is 0. The Morgan fingerprint density at radius 2 is 0.644 bits per heavy atom. The Bertz CT molecular complexity index is 902. The zero-order chi connectivity index (χ0) is 43.3. The standard InChI is InChI=1S/C53H102O6/c1-6-8-9-10-11-12-13-14-15-16-17-18-19-20-21-24-27-33-38-43-51(54)57-46-50(47-58-52(55)44-39-34-30-29-32-37-42-49(5)7-2)59-53(56)45-40-35-28-25-22-23-26-31-36-41-48(3)4/h48-50H,6-47H2,1-5H3/t49?,50-/m0/s1. The van der Waals surface area contributed by atoms with Gasteiger partial charge in [0.25, 0.3) is 0 Å². The lowest BCUT2D eigenvalue weighted by molar-refractivity contribution is -0.167. The molecule has 0 fully saturated rings. The molecule has 0 aliphatic carbocycles. The van der Waals surface area contributed by atoms with Crippen molar-refractivity contribution in [2.75, 3.05) is 13.2 Å². The van der Waals surface area contributed by atoms with Crippen molar-refractivity contribution in [3.8, 4) is 0 Å². The van der Waals surface area contributed by atoms with Crippen LogP contribution in [0.25, 0.3) is 0 Å². The summed E-state index contributed by atoms with van der Waals surface area (Å²) in [6, 6.07) is 0. The maximum Gasteiger partial charge on any atom is 0.306 e. The topological polar surface area (TPSA) is 78.9 Å². The fraction of sp³-hybridized carbons (Fsp3) is 0.943. The average Bonchev–Trinajstić information content (AvgIpc) is 3.22. The highest BCUT2D eigenvalue weighted by Crippen LogP contribution is 2.18. The van der Waals surface area contributed by atoms with E-state index >= 15 is 0 Å². The summed E-state index contributed by atoms with van der Waals surface area (Å²) in [4.78, 5) is 37.9. The summed E-state index contributed by atoms with van der Waals surface area (Å²) in [6.45, 7) is 11.3. The lowest BCUT2D eigenvalue weighted by Crippen LogP contribution is -2.30. The molecule has 0 spiro atoms. The van der Waals surface area contributed by atoms with E-state index in [1.165, 1.54) is 180 Å². The smallest absolute Gasteiger partial charge is 0.306 e. The molecular weight excluding hydrogens is 733 g/mol. The number of unbranched alkanes of at least 4 members (excludes halogenated alkanes) is 31. The second-order valence-electron chi connectivity index (χ2n) is 18.9. The molecule has 6 heteroatoms. The first-order valence-electron chi connectivity index (χ1n) is 26.3. The summed E-state index contributed by atoms with van der Waals surface area (Å²) in [7, 11) is 0. The van der Waals surface area contributed by atoms with Gasteiger partial charge in [-0.3, -0.25) is 14.4 Å². The van der Waals surface area contributed by atoms with Crippen LogP contribution in [0.2, 0.25) is 0 Å². The van der Waals surface area contributed by atoms with Crippen molar-refractivity contribution < 1.29 is 28.6 Å². The summed E-state index contributed by atoms with van der Waals surface area (Å²) in [5.74, 6) is 0.767. The molecule has 0 bridgehead atoms. The van der Waals surface area contributed by atoms with Crippen LogP contribution in [0.15, 0.2) is 0 Å². The molecule has 350 valence electrons. The molecule has 2 atom stereocenters. The van der Waals surface area contributed by atoms with Crippen molar-refractivity contribution in [3.05, 3.63) is 0 Å². The molecular formula is C53H102O6. The zero-order valence-electron chi connectivity index (χ0n) is 40.4. The quantitative estimate of drug-likeness (QED) is 0.0345. The number of hydrogen-bond donors (Lipinski definition) is 0. The second-order valence-corrected chi connectivity index (χ2v) is 18.9. The molecule has 0 saturated carbocycles. The molecule has 0 aromatic rings. The molecule has 0 aromatic carbocycles. The van der Waals surface area contributed by atoms with Crippen LogP contribution in [0, 0.1) is 11.8 Å². The van der Waals surface area contributed by atoms with E-state index in [1.807, 2.05) is 0 Å². The molecule has 0 aliphatic heterocycles. The van der Waals surface area contributed by atoms with Crippen molar-refractivity contribution in [2.24, 2.45) is 11.8 Å². The van der Waals surface area contributed by atoms with Crippen LogP contribution in [-0.2, 0) is 28.6 Å². The molecule has 0 aliphatic rings. The number of esters is 3. The van der Waals surface area contributed by atoms with Crippen molar-refractivity contribution >= 4 is 17.9 Å². The van der Waals surface area contributed by atoms with Crippen LogP contribution in [0.4, 0.5) is 0 Å². The maximum absolute atomic E-state index is 12.8. The van der Waals surface area contributed by atoms with Gasteiger partial charge in [-0.05, 0) is 31.1 Å². The van der Waals surface area contributed by atoms with E-state index in [-0.39, 0.29) is 31.1 Å². The van der Waals surface area contributed by atoms with Gasteiger partial charge in [0, 0.05) is 19.3 Å². The minimum atomic E-state index is -0.762. The van der Waals surface area contributed by atoms with Gasteiger partial charge < -0.3 is 14.2 Å². The normalized spacial score (nSPS) is 12.5. The van der Waals surface area contributed by atoms with E-state index in [9.17, 15) is 14.4 Å². The molecule has 59 heavy (non-hydrogen) atoms. The summed E-state index contributed by atoms with van der Waals surface area (Å²) in [5.41, 5.74) is 0. The highest BCUT2D eigenvalue weighted by Gasteiger charge is 2.19. The highest BCUT2D eigenvalue weighted by molar-refractivity contribution is 5.71. The Balaban J connectivity index is 4.24. The van der Waals surface area contributed by atoms with Crippen LogP contribution in [0.1, 0.15) is 291 Å². The minimum Gasteiger partial charge on any atom is -0.462 e. The molecule has 0 saturated heterocycles. The van der Waals surface area contributed by atoms with E-state index in [4.69, 9.17) is 14.2 Å². The number of ether oxygens (including phenoxy) is 3. The SMILES string of the molecule is CCCCCCCCCCCCCCCCCCCCCC(=O)OC[C@@H](COC(=O)CCCCCCCCC(C)CC)OC(=O)CCCCCCCCCCCC(C)C. The van der Waals surface area contributed by atoms with Gasteiger partial charge in [0.2, 0.25) is 0 Å². The predicted molar refractivity (Wildman–Crippen MR) is 252 cm³/mol. The predicted octanol–water partition coefficient (Wildman–Crippen LogP) is 16.9. The van der Waals surface area contributed by atoms with Crippen molar-refractivity contribution in [3.63, 3.8) is 0 Å². The van der Waals surface area contributed by atoms with Crippen molar-refractivity contribution in [2.45, 2.75) is 298 Å². The molecule has 6 nitrogen and oxygen atoms in total. The lowest BCUT2D eigenvalue weighted by Gasteiger charge is -2.18. The third-order valence-corrected chi connectivity index (χ3v) is 12.3. The van der Waals surface area contributed by atoms with E-state index in [1.54, 1.807) is 0 Å². The Labute approximate surface area is 368 Å². The van der Waals surface area contributed by atoms with Gasteiger partial charge in [-0.1, -0.05) is 253 Å². The van der Waals surface area contributed by atoms with Crippen molar-refractivity contribution in [1.29, 1.82) is 0 Å². The first-order chi connectivity index (χ1) is 28.8. The fourth-order valence-corrected chi connectivity index (χ4v) is 7.96. The van der Waals surface area contributed by atoms with Gasteiger partial charge >= 0.3 is 17.9 Å². The van der Waals surface area contributed by atoms with Gasteiger partial charge in [0.05, 0.1) is 0 Å². The minimum absolute atomic E-state index is 0.0647. The van der Waals surface area contributed by atoms with Crippen LogP contribution in [0.5, 0.6) is 0 Å². The summed E-state index contributed by atoms with van der Waals surface area (Å²) in [5, 5.41) is 0. The van der Waals surface area contributed by atoms with E-state index in [0.717, 1.165) is 69.6 Å². The maximum atomic E-state index is 12.8. The molecule has 0 heterocycles. The van der Waals surface area contributed by atoms with Crippen LogP contribution in [-0.4, -0.2) is 37.2 Å². The van der Waals surface area contributed by atoms with Gasteiger partial charge in [-0.2, -0.15) is 0 Å². The van der Waals surface area contributed by atoms with E-state index < -0.39 is 6.10 Å². The number of rotatable bonds is 47. The van der Waals surface area contributed by atoms with Crippen LogP contribution < -0.4 is 0 Å². The number of carbonyl (C=O) groups excluding carboxylic acids is 3. The van der Waals surface area contributed by atoms with E-state index in [0.29, 0.717) is 19.3 Å². The Kier molecular flexibility index (Phi) is 44.7. The van der Waals surface area contributed by atoms with Gasteiger partial charge in [-0.25, -0.2) is 0 Å². The molecule has 0 aromatic heterocycles. The number of carbonyl (C=O) groups is 3. The Morgan fingerprint density at radius 1 is 0.356 bits per heavy atom.